The minimum absolute atomic E-state index is 0.382. The van der Waals surface area contributed by atoms with Crippen LogP contribution in [0, 0.1) is 0 Å². The summed E-state index contributed by atoms with van der Waals surface area (Å²) in [5.74, 6) is 2.07. The van der Waals surface area contributed by atoms with Crippen molar-refractivity contribution in [2.75, 3.05) is 0 Å². The molecule has 0 saturated heterocycles. The summed E-state index contributed by atoms with van der Waals surface area (Å²) < 4.78 is 5.70. The maximum atomic E-state index is 6.05. The van der Waals surface area contributed by atoms with E-state index in [0.29, 0.717) is 5.88 Å². The molecule has 8 heteroatoms. The van der Waals surface area contributed by atoms with Crippen molar-refractivity contribution in [3.63, 3.8) is 0 Å². The van der Waals surface area contributed by atoms with Crippen LogP contribution in [0.2, 0.25) is 0 Å². The lowest BCUT2D eigenvalue weighted by Crippen LogP contribution is -2.09. The van der Waals surface area contributed by atoms with Gasteiger partial charge in [-0.15, -0.1) is 11.6 Å². The molecule has 0 atom stereocenters. The third kappa shape index (κ3) is 2.42. The Kier molecular flexibility index (Phi) is 3.67. The molecule has 0 saturated carbocycles. The number of hydrogen-bond donors (Lipinski definition) is 0. The Balaban J connectivity index is 1.97. The lowest BCUT2D eigenvalue weighted by molar-refractivity contribution is 0.629. The molecule has 0 spiro atoms. The lowest BCUT2D eigenvalue weighted by Gasteiger charge is -2.06. The van der Waals surface area contributed by atoms with Crippen molar-refractivity contribution in [2.24, 2.45) is 14.1 Å². The lowest BCUT2D eigenvalue weighted by atomic mass is 10.3. The largest absolute Gasteiger partial charge is 0.311 e. The molecule has 112 valence electrons. The molecule has 21 heavy (non-hydrogen) atoms. The first kappa shape index (κ1) is 14.1. The van der Waals surface area contributed by atoms with E-state index in [-0.39, 0.29) is 0 Å². The first-order chi connectivity index (χ1) is 10.1. The number of fused-ring (bicyclic) bond motifs is 1. The summed E-state index contributed by atoms with van der Waals surface area (Å²) in [6.45, 7) is 2.82. The van der Waals surface area contributed by atoms with Gasteiger partial charge >= 0.3 is 0 Å². The molecule has 0 bridgehead atoms. The van der Waals surface area contributed by atoms with Crippen LogP contribution in [-0.4, -0.2) is 34.1 Å². The van der Waals surface area contributed by atoms with Crippen molar-refractivity contribution in [1.29, 1.82) is 0 Å². The van der Waals surface area contributed by atoms with E-state index in [1.54, 1.807) is 11.0 Å². The summed E-state index contributed by atoms with van der Waals surface area (Å²) >= 11 is 6.05. The van der Waals surface area contributed by atoms with Crippen molar-refractivity contribution in [3.05, 3.63) is 23.7 Å². The van der Waals surface area contributed by atoms with E-state index in [4.69, 9.17) is 11.6 Å². The van der Waals surface area contributed by atoms with E-state index in [1.165, 1.54) is 0 Å². The fraction of sp³-hybridized carbons (Fsp3) is 0.538. The molecule has 0 fully saturated rings. The van der Waals surface area contributed by atoms with Crippen molar-refractivity contribution < 1.29 is 0 Å². The highest BCUT2D eigenvalue weighted by Gasteiger charge is 2.18. The second kappa shape index (κ2) is 5.48. The molecule has 3 heterocycles. The van der Waals surface area contributed by atoms with E-state index in [2.05, 4.69) is 31.7 Å². The molecular weight excluding hydrogens is 290 g/mol. The molecule has 0 amide bonds. The molecule has 0 aromatic carbocycles. The van der Waals surface area contributed by atoms with Gasteiger partial charge in [-0.3, -0.25) is 9.36 Å². The standard InChI is InChI=1S/C13H18ClN7/c1-4-9-12-13(20(3)17-9)21(11(7-14)16-12)6-5-10-15-8-19(2)18-10/h8H,4-7H2,1-3H3. The number of hydrogen-bond acceptors (Lipinski definition) is 4. The third-order valence-corrected chi connectivity index (χ3v) is 3.77. The highest BCUT2D eigenvalue weighted by Crippen LogP contribution is 2.21. The molecular formula is C13H18ClN7. The molecule has 7 nitrogen and oxygen atoms in total. The van der Waals surface area contributed by atoms with Crippen LogP contribution in [0.5, 0.6) is 0 Å². The van der Waals surface area contributed by atoms with Gasteiger partial charge < -0.3 is 4.57 Å². The zero-order valence-electron chi connectivity index (χ0n) is 12.4. The van der Waals surface area contributed by atoms with Gasteiger partial charge in [0, 0.05) is 27.1 Å². The average Bonchev–Trinajstić information content (AvgIpc) is 3.12. The van der Waals surface area contributed by atoms with Gasteiger partial charge in [0.05, 0.1) is 11.6 Å². The fourth-order valence-electron chi connectivity index (χ4n) is 2.57. The minimum atomic E-state index is 0.382. The van der Waals surface area contributed by atoms with Gasteiger partial charge in [-0.2, -0.15) is 10.2 Å². The molecule has 0 aliphatic heterocycles. The highest BCUT2D eigenvalue weighted by atomic mass is 35.5. The van der Waals surface area contributed by atoms with Crippen LogP contribution in [0.1, 0.15) is 24.3 Å². The number of rotatable bonds is 5. The molecule has 3 rings (SSSR count). The molecule has 3 aromatic heterocycles. The van der Waals surface area contributed by atoms with E-state index < -0.39 is 0 Å². The summed E-state index contributed by atoms with van der Waals surface area (Å²) in [4.78, 5) is 8.90. The number of alkyl halides is 1. The number of aromatic nitrogens is 7. The Morgan fingerprint density at radius 2 is 2.05 bits per heavy atom. The predicted octanol–water partition coefficient (Wildman–Crippen LogP) is 1.44. The Morgan fingerprint density at radius 3 is 2.67 bits per heavy atom. The number of imidazole rings is 1. The van der Waals surface area contributed by atoms with Crippen LogP contribution >= 0.6 is 11.6 Å². The Morgan fingerprint density at radius 1 is 1.24 bits per heavy atom. The van der Waals surface area contributed by atoms with Gasteiger partial charge in [0.1, 0.15) is 17.7 Å². The van der Waals surface area contributed by atoms with E-state index in [9.17, 15) is 0 Å². The van der Waals surface area contributed by atoms with Crippen molar-refractivity contribution in [3.8, 4) is 0 Å². The highest BCUT2D eigenvalue weighted by molar-refractivity contribution is 6.16. The van der Waals surface area contributed by atoms with Crippen molar-refractivity contribution >= 4 is 22.8 Å². The number of aryl methyl sites for hydroxylation is 5. The van der Waals surface area contributed by atoms with Gasteiger partial charge in [0.2, 0.25) is 0 Å². The Labute approximate surface area is 127 Å². The molecule has 3 aromatic rings. The Hall–Kier alpha value is -1.89. The van der Waals surface area contributed by atoms with Crippen molar-refractivity contribution in [2.45, 2.75) is 32.2 Å². The molecule has 0 N–H and O–H groups in total. The van der Waals surface area contributed by atoms with Gasteiger partial charge in [0.15, 0.2) is 11.5 Å². The fourth-order valence-corrected chi connectivity index (χ4v) is 2.78. The maximum Gasteiger partial charge on any atom is 0.158 e. The van der Waals surface area contributed by atoms with Crippen molar-refractivity contribution in [1.82, 2.24) is 34.1 Å². The van der Waals surface area contributed by atoms with Gasteiger partial charge in [0.25, 0.3) is 0 Å². The average molecular weight is 308 g/mol. The van der Waals surface area contributed by atoms with E-state index in [0.717, 1.165) is 47.9 Å². The summed E-state index contributed by atoms with van der Waals surface area (Å²) in [7, 11) is 3.81. The molecule has 0 unspecified atom stereocenters. The zero-order chi connectivity index (χ0) is 15.0. The SMILES string of the molecule is CCc1nn(C)c2c1nc(CCl)n2CCc1ncn(C)n1. The van der Waals surface area contributed by atoms with Crippen LogP contribution < -0.4 is 0 Å². The summed E-state index contributed by atoms with van der Waals surface area (Å²) in [5, 5.41) is 8.82. The van der Waals surface area contributed by atoms with Crippen LogP contribution in [0.4, 0.5) is 0 Å². The zero-order valence-corrected chi connectivity index (χ0v) is 13.2. The topological polar surface area (TPSA) is 66.3 Å². The second-order valence-electron chi connectivity index (χ2n) is 4.99. The number of nitrogens with zero attached hydrogens (tertiary/aromatic N) is 7. The first-order valence-corrected chi connectivity index (χ1v) is 7.49. The van der Waals surface area contributed by atoms with Gasteiger partial charge in [-0.1, -0.05) is 6.92 Å². The maximum absolute atomic E-state index is 6.05. The smallest absolute Gasteiger partial charge is 0.158 e. The monoisotopic (exact) mass is 307 g/mol. The van der Waals surface area contributed by atoms with Gasteiger partial charge in [-0.25, -0.2) is 9.97 Å². The normalized spacial score (nSPS) is 11.6. The summed E-state index contributed by atoms with van der Waals surface area (Å²) in [5.41, 5.74) is 2.97. The van der Waals surface area contributed by atoms with Crippen LogP contribution in [0.3, 0.4) is 0 Å². The van der Waals surface area contributed by atoms with E-state index in [1.807, 2.05) is 18.8 Å². The van der Waals surface area contributed by atoms with E-state index >= 15 is 0 Å². The molecule has 0 aliphatic carbocycles. The minimum Gasteiger partial charge on any atom is -0.311 e. The Bertz CT molecular complexity index is 767. The molecule has 0 aliphatic rings. The van der Waals surface area contributed by atoms with Crippen LogP contribution in [-0.2, 0) is 39.4 Å². The second-order valence-corrected chi connectivity index (χ2v) is 5.26. The third-order valence-electron chi connectivity index (χ3n) is 3.53. The van der Waals surface area contributed by atoms with Crippen LogP contribution in [0.25, 0.3) is 11.2 Å². The molecule has 0 radical (unpaired) electrons. The predicted molar refractivity (Wildman–Crippen MR) is 80.1 cm³/mol. The first-order valence-electron chi connectivity index (χ1n) is 6.95. The summed E-state index contributed by atoms with van der Waals surface area (Å²) in [6.07, 6.45) is 3.31. The number of halogens is 1. The van der Waals surface area contributed by atoms with Crippen LogP contribution in [0.15, 0.2) is 6.33 Å². The van der Waals surface area contributed by atoms with Gasteiger partial charge in [-0.05, 0) is 6.42 Å². The quantitative estimate of drug-likeness (QED) is 0.669. The summed E-state index contributed by atoms with van der Waals surface area (Å²) in [6, 6.07) is 0.